The monoisotopic (exact) mass is 433 g/mol. The van der Waals surface area contributed by atoms with Crippen LogP contribution < -0.4 is 16.7 Å². The summed E-state index contributed by atoms with van der Waals surface area (Å²) < 4.78 is 17.1. The topological polar surface area (TPSA) is 93.3 Å². The lowest BCUT2D eigenvalue weighted by molar-refractivity contribution is 0.0706. The van der Waals surface area contributed by atoms with Crippen LogP contribution in [0, 0.1) is 5.82 Å². The maximum Gasteiger partial charge on any atom is 0.331 e. The maximum atomic E-state index is 14.7. The quantitative estimate of drug-likeness (QED) is 0.361. The van der Waals surface area contributed by atoms with Crippen molar-refractivity contribution in [3.05, 3.63) is 116 Å². The fourth-order valence-electron chi connectivity index (χ4n) is 3.67. The van der Waals surface area contributed by atoms with E-state index in [9.17, 15) is 18.8 Å². The number of aryl methyl sites for hydroxylation is 1. The molecule has 2 N–H and O–H groups in total. The summed E-state index contributed by atoms with van der Waals surface area (Å²) in [5.74, 6) is -1.33. The number of amides is 1. The zero-order valence-corrected chi connectivity index (χ0v) is 17.0. The summed E-state index contributed by atoms with van der Waals surface area (Å²) in [7, 11) is 0. The van der Waals surface area contributed by atoms with Crippen LogP contribution >= 0.6 is 0 Å². The van der Waals surface area contributed by atoms with Crippen LogP contribution in [-0.4, -0.2) is 20.2 Å². The van der Waals surface area contributed by atoms with Gasteiger partial charge < -0.3 is 0 Å². The predicted molar refractivity (Wildman–Crippen MR) is 117 cm³/mol. The SMILES string of the molecule is O=C(NO)c1ccc(Cn2c(=O)n(CCc3ccccc3)c(=O)c3cccc(F)c32)cc1. The second kappa shape index (κ2) is 8.99. The number of halogens is 1. The van der Waals surface area contributed by atoms with Crippen molar-refractivity contribution < 1.29 is 14.4 Å². The van der Waals surface area contributed by atoms with Crippen molar-refractivity contribution in [2.45, 2.75) is 19.5 Å². The molecule has 0 saturated carbocycles. The normalized spacial score (nSPS) is 10.9. The highest BCUT2D eigenvalue weighted by Crippen LogP contribution is 2.15. The van der Waals surface area contributed by atoms with Crippen molar-refractivity contribution in [1.82, 2.24) is 14.6 Å². The first kappa shape index (κ1) is 21.2. The van der Waals surface area contributed by atoms with Gasteiger partial charge in [-0.15, -0.1) is 0 Å². The lowest BCUT2D eigenvalue weighted by atomic mass is 10.1. The highest BCUT2D eigenvalue weighted by Gasteiger charge is 2.17. The summed E-state index contributed by atoms with van der Waals surface area (Å²) in [6.45, 7) is 0.159. The van der Waals surface area contributed by atoms with Gasteiger partial charge in [-0.1, -0.05) is 48.5 Å². The minimum absolute atomic E-state index is 0.00288. The van der Waals surface area contributed by atoms with Crippen LogP contribution in [0.2, 0.25) is 0 Å². The number of fused-ring (bicyclic) bond motifs is 1. The molecule has 0 fully saturated rings. The van der Waals surface area contributed by atoms with E-state index >= 15 is 0 Å². The Morgan fingerprint density at radius 1 is 0.875 bits per heavy atom. The number of hydrogen-bond acceptors (Lipinski definition) is 4. The summed E-state index contributed by atoms with van der Waals surface area (Å²) in [6, 6.07) is 19.8. The Labute approximate surface area is 181 Å². The zero-order valence-electron chi connectivity index (χ0n) is 17.0. The molecule has 0 spiro atoms. The molecular formula is C24H20FN3O4. The maximum absolute atomic E-state index is 14.7. The van der Waals surface area contributed by atoms with Crippen molar-refractivity contribution in [2.75, 3.05) is 0 Å². The van der Waals surface area contributed by atoms with Crippen molar-refractivity contribution in [1.29, 1.82) is 0 Å². The molecule has 162 valence electrons. The fraction of sp³-hybridized carbons (Fsp3) is 0.125. The summed E-state index contributed by atoms with van der Waals surface area (Å²) in [6.07, 6.45) is 0.474. The number of hydroxylamine groups is 1. The Morgan fingerprint density at radius 2 is 1.59 bits per heavy atom. The molecule has 4 aromatic rings. The highest BCUT2D eigenvalue weighted by molar-refractivity contribution is 5.93. The van der Waals surface area contributed by atoms with E-state index < -0.39 is 23.0 Å². The second-order valence-electron chi connectivity index (χ2n) is 7.33. The standard InChI is InChI=1S/C24H20FN3O4/c25-20-8-4-7-19-21(20)28(15-17-9-11-18(12-10-17)22(29)26-32)24(31)27(23(19)30)14-13-16-5-2-1-3-6-16/h1-12,32H,13-15H2,(H,26,29). The van der Waals surface area contributed by atoms with Crippen molar-refractivity contribution in [3.63, 3.8) is 0 Å². The van der Waals surface area contributed by atoms with E-state index in [1.165, 1.54) is 34.9 Å². The highest BCUT2D eigenvalue weighted by atomic mass is 19.1. The molecule has 0 bridgehead atoms. The van der Waals surface area contributed by atoms with Gasteiger partial charge in [0.15, 0.2) is 0 Å². The average molecular weight is 433 g/mol. The zero-order chi connectivity index (χ0) is 22.7. The van der Waals surface area contributed by atoms with Gasteiger partial charge in [-0.2, -0.15) is 0 Å². The van der Waals surface area contributed by atoms with Crippen molar-refractivity contribution in [3.8, 4) is 0 Å². The van der Waals surface area contributed by atoms with Gasteiger partial charge in [0.25, 0.3) is 11.5 Å². The molecule has 0 atom stereocenters. The first-order chi connectivity index (χ1) is 15.5. The Kier molecular flexibility index (Phi) is 5.96. The molecule has 32 heavy (non-hydrogen) atoms. The first-order valence-corrected chi connectivity index (χ1v) is 9.99. The number of nitrogens with zero attached hydrogens (tertiary/aromatic N) is 2. The van der Waals surface area contributed by atoms with Crippen LogP contribution in [0.25, 0.3) is 10.9 Å². The molecule has 0 aliphatic heterocycles. The van der Waals surface area contributed by atoms with E-state index in [0.29, 0.717) is 12.0 Å². The summed E-state index contributed by atoms with van der Waals surface area (Å²) in [5.41, 5.74) is 2.17. The van der Waals surface area contributed by atoms with Crippen LogP contribution in [0.3, 0.4) is 0 Å². The summed E-state index contributed by atoms with van der Waals surface area (Å²) in [5, 5.41) is 8.87. The molecule has 1 amide bonds. The third-order valence-corrected chi connectivity index (χ3v) is 5.32. The van der Waals surface area contributed by atoms with Gasteiger partial charge in [0, 0.05) is 12.1 Å². The van der Waals surface area contributed by atoms with Crippen LogP contribution in [0.5, 0.6) is 0 Å². The minimum atomic E-state index is -0.667. The van der Waals surface area contributed by atoms with Gasteiger partial charge in [0.2, 0.25) is 0 Å². The van der Waals surface area contributed by atoms with Crippen LogP contribution in [0.1, 0.15) is 21.5 Å². The van der Waals surface area contributed by atoms with Gasteiger partial charge in [-0.25, -0.2) is 14.7 Å². The lowest BCUT2D eigenvalue weighted by Crippen LogP contribution is -2.41. The Bertz CT molecular complexity index is 1390. The Morgan fingerprint density at radius 3 is 2.28 bits per heavy atom. The molecular weight excluding hydrogens is 413 g/mol. The number of carbonyl (C=O) groups excluding carboxylic acids is 1. The number of benzene rings is 3. The smallest absolute Gasteiger partial charge is 0.288 e. The Balaban J connectivity index is 1.79. The average Bonchev–Trinajstić information content (AvgIpc) is 2.82. The van der Waals surface area contributed by atoms with Gasteiger partial charge in [-0.3, -0.25) is 23.9 Å². The predicted octanol–water partition coefficient (Wildman–Crippen LogP) is 2.71. The number of rotatable bonds is 6. The summed E-state index contributed by atoms with van der Waals surface area (Å²) in [4.78, 5) is 37.8. The number of hydrogen-bond donors (Lipinski definition) is 2. The number of aromatic nitrogens is 2. The lowest BCUT2D eigenvalue weighted by Gasteiger charge is -2.15. The van der Waals surface area contributed by atoms with Gasteiger partial charge in [0.05, 0.1) is 17.4 Å². The second-order valence-corrected chi connectivity index (χ2v) is 7.33. The molecule has 4 rings (SSSR count). The molecule has 1 aromatic heterocycles. The summed E-state index contributed by atoms with van der Waals surface area (Å²) >= 11 is 0. The largest absolute Gasteiger partial charge is 0.331 e. The molecule has 0 radical (unpaired) electrons. The van der Waals surface area contributed by atoms with Crippen LogP contribution in [-0.2, 0) is 19.5 Å². The number of nitrogens with one attached hydrogen (secondary N) is 1. The van der Waals surface area contributed by atoms with Gasteiger partial charge in [-0.05, 0) is 41.8 Å². The molecule has 1 heterocycles. The van der Waals surface area contributed by atoms with Crippen LogP contribution in [0.4, 0.5) is 4.39 Å². The molecule has 0 unspecified atom stereocenters. The molecule has 0 aliphatic carbocycles. The van der Waals surface area contributed by atoms with E-state index in [0.717, 1.165) is 10.1 Å². The van der Waals surface area contributed by atoms with E-state index in [1.807, 2.05) is 30.3 Å². The number of para-hydroxylation sites is 1. The molecule has 7 nitrogen and oxygen atoms in total. The molecule has 3 aromatic carbocycles. The van der Waals surface area contributed by atoms with Gasteiger partial charge in [0.1, 0.15) is 5.82 Å². The van der Waals surface area contributed by atoms with Crippen LogP contribution in [0.15, 0.2) is 82.4 Å². The van der Waals surface area contributed by atoms with E-state index in [4.69, 9.17) is 5.21 Å². The van der Waals surface area contributed by atoms with Crippen molar-refractivity contribution >= 4 is 16.8 Å². The number of carbonyl (C=O) groups is 1. The van der Waals surface area contributed by atoms with Gasteiger partial charge >= 0.3 is 5.69 Å². The molecule has 8 heteroatoms. The van der Waals surface area contributed by atoms with Crippen molar-refractivity contribution in [2.24, 2.45) is 0 Å². The Hall–Kier alpha value is -4.04. The van der Waals surface area contributed by atoms with E-state index in [-0.39, 0.29) is 29.6 Å². The minimum Gasteiger partial charge on any atom is -0.288 e. The molecule has 0 aliphatic rings. The first-order valence-electron chi connectivity index (χ1n) is 9.99. The third kappa shape index (κ3) is 4.08. The third-order valence-electron chi connectivity index (χ3n) is 5.32. The van der Waals surface area contributed by atoms with E-state index in [2.05, 4.69) is 0 Å². The fourth-order valence-corrected chi connectivity index (χ4v) is 3.67. The molecule has 0 saturated heterocycles. The van der Waals surface area contributed by atoms with E-state index in [1.54, 1.807) is 17.6 Å².